The van der Waals surface area contributed by atoms with Crippen LogP contribution >= 0.6 is 11.6 Å². The van der Waals surface area contributed by atoms with Crippen LogP contribution in [0, 0.1) is 12.8 Å². The van der Waals surface area contributed by atoms with Crippen molar-refractivity contribution in [3.63, 3.8) is 0 Å². The molecule has 0 bridgehead atoms. The summed E-state index contributed by atoms with van der Waals surface area (Å²) >= 11 is 5.91. The number of piperidine rings is 1. The van der Waals surface area contributed by atoms with Gasteiger partial charge < -0.3 is 10.2 Å². The van der Waals surface area contributed by atoms with Gasteiger partial charge in [-0.2, -0.15) is 0 Å². The third-order valence-electron chi connectivity index (χ3n) is 3.63. The minimum absolute atomic E-state index is 0.181. The first-order valence-corrected chi connectivity index (χ1v) is 7.22. The molecule has 1 amide bonds. The van der Waals surface area contributed by atoms with Crippen molar-refractivity contribution in [1.82, 2.24) is 4.90 Å². The second-order valence-corrected chi connectivity index (χ2v) is 5.84. The van der Waals surface area contributed by atoms with E-state index >= 15 is 0 Å². The molecule has 1 unspecified atom stereocenters. The Kier molecular flexibility index (Phi) is 4.70. The average Bonchev–Trinajstić information content (AvgIpc) is 2.37. The molecule has 0 spiro atoms. The van der Waals surface area contributed by atoms with Crippen molar-refractivity contribution in [3.05, 3.63) is 28.8 Å². The predicted octanol–water partition coefficient (Wildman–Crippen LogP) is 3.32. The fourth-order valence-corrected chi connectivity index (χ4v) is 2.75. The second kappa shape index (κ2) is 6.29. The maximum Gasteiger partial charge on any atom is 0.241 e. The van der Waals surface area contributed by atoms with E-state index in [1.807, 2.05) is 30.0 Å². The molecular formula is C15H21ClN2O. The van der Waals surface area contributed by atoms with E-state index in [1.54, 1.807) is 0 Å². The number of aryl methyl sites for hydroxylation is 1. The summed E-state index contributed by atoms with van der Waals surface area (Å²) in [6.45, 7) is 6.33. The van der Waals surface area contributed by atoms with Crippen LogP contribution in [0.4, 0.5) is 5.69 Å². The van der Waals surface area contributed by atoms with Gasteiger partial charge in [0.05, 0.1) is 6.54 Å². The van der Waals surface area contributed by atoms with Gasteiger partial charge in [0.25, 0.3) is 0 Å². The van der Waals surface area contributed by atoms with Gasteiger partial charge in [-0.15, -0.1) is 0 Å². The molecule has 1 N–H and O–H groups in total. The van der Waals surface area contributed by atoms with Crippen LogP contribution in [0.25, 0.3) is 0 Å². The lowest BCUT2D eigenvalue weighted by Crippen LogP contribution is -2.42. The van der Waals surface area contributed by atoms with Crippen LogP contribution in [-0.2, 0) is 4.79 Å². The number of amides is 1. The van der Waals surface area contributed by atoms with Crippen molar-refractivity contribution in [3.8, 4) is 0 Å². The summed E-state index contributed by atoms with van der Waals surface area (Å²) in [7, 11) is 0. The first-order valence-electron chi connectivity index (χ1n) is 6.84. The Morgan fingerprint density at radius 1 is 1.53 bits per heavy atom. The van der Waals surface area contributed by atoms with Crippen molar-refractivity contribution in [2.45, 2.75) is 26.7 Å². The first-order chi connectivity index (χ1) is 9.06. The molecule has 1 heterocycles. The zero-order valence-electron chi connectivity index (χ0n) is 11.6. The molecule has 1 saturated heterocycles. The molecule has 104 valence electrons. The maximum absolute atomic E-state index is 12.1. The lowest BCUT2D eigenvalue weighted by atomic mass is 10.0. The normalized spacial score (nSPS) is 19.3. The fourth-order valence-electron chi connectivity index (χ4n) is 2.52. The van der Waals surface area contributed by atoms with E-state index in [-0.39, 0.29) is 5.91 Å². The van der Waals surface area contributed by atoms with Crippen molar-refractivity contribution in [1.29, 1.82) is 0 Å². The maximum atomic E-state index is 12.1. The Labute approximate surface area is 119 Å². The number of nitrogens with zero attached hydrogens (tertiary/aromatic N) is 1. The van der Waals surface area contributed by atoms with Gasteiger partial charge in [0.2, 0.25) is 5.91 Å². The Morgan fingerprint density at radius 3 is 3.00 bits per heavy atom. The molecule has 1 fully saturated rings. The van der Waals surface area contributed by atoms with E-state index in [2.05, 4.69) is 12.2 Å². The molecule has 0 saturated carbocycles. The summed E-state index contributed by atoms with van der Waals surface area (Å²) < 4.78 is 0. The molecule has 0 aliphatic carbocycles. The SMILES string of the molecule is Cc1cc(Cl)ccc1NCC(=O)N1CCCC(C)C1. The highest BCUT2D eigenvalue weighted by Crippen LogP contribution is 2.20. The summed E-state index contributed by atoms with van der Waals surface area (Å²) in [5.74, 6) is 0.802. The molecule has 1 aliphatic rings. The molecule has 1 atom stereocenters. The summed E-state index contributed by atoms with van der Waals surface area (Å²) in [4.78, 5) is 14.1. The average molecular weight is 281 g/mol. The summed E-state index contributed by atoms with van der Waals surface area (Å²) in [5, 5.41) is 3.92. The van der Waals surface area contributed by atoms with Crippen LogP contribution in [0.5, 0.6) is 0 Å². The van der Waals surface area contributed by atoms with E-state index in [0.717, 1.165) is 35.8 Å². The number of likely N-dealkylation sites (tertiary alicyclic amines) is 1. The topological polar surface area (TPSA) is 32.3 Å². The van der Waals surface area contributed by atoms with Crippen LogP contribution in [0.2, 0.25) is 5.02 Å². The molecule has 1 aromatic carbocycles. The molecule has 0 aromatic heterocycles. The first kappa shape index (κ1) is 14.2. The van der Waals surface area contributed by atoms with Gasteiger partial charge >= 0.3 is 0 Å². The number of benzene rings is 1. The van der Waals surface area contributed by atoms with Gasteiger partial charge in [0.1, 0.15) is 0 Å². The van der Waals surface area contributed by atoms with Gasteiger partial charge in [0.15, 0.2) is 0 Å². The lowest BCUT2D eigenvalue weighted by molar-refractivity contribution is -0.130. The number of nitrogens with one attached hydrogen (secondary N) is 1. The number of carbonyl (C=O) groups excluding carboxylic acids is 1. The molecular weight excluding hydrogens is 260 g/mol. The molecule has 4 heteroatoms. The van der Waals surface area contributed by atoms with Gasteiger partial charge in [-0.1, -0.05) is 18.5 Å². The Morgan fingerprint density at radius 2 is 2.32 bits per heavy atom. The zero-order chi connectivity index (χ0) is 13.8. The summed E-state index contributed by atoms with van der Waals surface area (Å²) in [6, 6.07) is 5.66. The van der Waals surface area contributed by atoms with Crippen molar-refractivity contribution in [2.75, 3.05) is 25.0 Å². The molecule has 2 rings (SSSR count). The van der Waals surface area contributed by atoms with Gasteiger partial charge in [-0.05, 0) is 49.4 Å². The third-order valence-corrected chi connectivity index (χ3v) is 3.86. The number of hydrogen-bond acceptors (Lipinski definition) is 2. The number of rotatable bonds is 3. The molecule has 0 radical (unpaired) electrons. The summed E-state index contributed by atoms with van der Waals surface area (Å²) in [5.41, 5.74) is 2.04. The lowest BCUT2D eigenvalue weighted by Gasteiger charge is -2.31. The highest BCUT2D eigenvalue weighted by Gasteiger charge is 2.20. The number of carbonyl (C=O) groups is 1. The highest BCUT2D eigenvalue weighted by molar-refractivity contribution is 6.30. The molecule has 1 aromatic rings. The van der Waals surface area contributed by atoms with Gasteiger partial charge in [0, 0.05) is 23.8 Å². The van der Waals surface area contributed by atoms with Crippen LogP contribution in [-0.4, -0.2) is 30.4 Å². The largest absolute Gasteiger partial charge is 0.376 e. The molecule has 19 heavy (non-hydrogen) atoms. The summed E-state index contributed by atoms with van der Waals surface area (Å²) in [6.07, 6.45) is 2.35. The zero-order valence-corrected chi connectivity index (χ0v) is 12.3. The van der Waals surface area contributed by atoms with Crippen molar-refractivity contribution < 1.29 is 4.79 Å². The number of halogens is 1. The monoisotopic (exact) mass is 280 g/mol. The van der Waals surface area contributed by atoms with E-state index in [0.29, 0.717) is 12.5 Å². The molecule has 1 aliphatic heterocycles. The van der Waals surface area contributed by atoms with Crippen molar-refractivity contribution >= 4 is 23.2 Å². The standard InChI is InChI=1S/C15H21ClN2O/c1-11-4-3-7-18(10-11)15(19)9-17-14-6-5-13(16)8-12(14)2/h5-6,8,11,17H,3-4,7,9-10H2,1-2H3. The third kappa shape index (κ3) is 3.87. The highest BCUT2D eigenvalue weighted by atomic mass is 35.5. The van der Waals surface area contributed by atoms with Crippen LogP contribution in [0.15, 0.2) is 18.2 Å². The Bertz CT molecular complexity index is 461. The minimum atomic E-state index is 0.181. The van der Waals surface area contributed by atoms with Gasteiger partial charge in [-0.25, -0.2) is 0 Å². The minimum Gasteiger partial charge on any atom is -0.376 e. The Balaban J connectivity index is 1.89. The van der Waals surface area contributed by atoms with Crippen LogP contribution in [0.3, 0.4) is 0 Å². The quantitative estimate of drug-likeness (QED) is 0.921. The molecule has 3 nitrogen and oxygen atoms in total. The van der Waals surface area contributed by atoms with E-state index in [1.165, 1.54) is 6.42 Å². The van der Waals surface area contributed by atoms with E-state index in [4.69, 9.17) is 11.6 Å². The number of anilines is 1. The van der Waals surface area contributed by atoms with E-state index in [9.17, 15) is 4.79 Å². The van der Waals surface area contributed by atoms with Crippen molar-refractivity contribution in [2.24, 2.45) is 5.92 Å². The van der Waals surface area contributed by atoms with Gasteiger partial charge in [-0.3, -0.25) is 4.79 Å². The second-order valence-electron chi connectivity index (χ2n) is 5.40. The fraction of sp³-hybridized carbons (Fsp3) is 0.533. The van der Waals surface area contributed by atoms with Crippen LogP contribution < -0.4 is 5.32 Å². The van der Waals surface area contributed by atoms with E-state index < -0.39 is 0 Å². The Hall–Kier alpha value is -1.22. The van der Waals surface area contributed by atoms with Crippen LogP contribution in [0.1, 0.15) is 25.3 Å². The number of hydrogen-bond donors (Lipinski definition) is 1. The predicted molar refractivity (Wildman–Crippen MR) is 79.7 cm³/mol. The smallest absolute Gasteiger partial charge is 0.241 e.